The van der Waals surface area contributed by atoms with Crippen molar-refractivity contribution in [2.24, 2.45) is 0 Å². The average molecular weight is 260 g/mol. The van der Waals surface area contributed by atoms with Gasteiger partial charge in [-0.2, -0.15) is 5.26 Å². The summed E-state index contributed by atoms with van der Waals surface area (Å²) in [6, 6.07) is 9.99. The minimum absolute atomic E-state index is 0.0802. The molecule has 4 heteroatoms. The number of benzene rings is 1. The highest BCUT2D eigenvalue weighted by molar-refractivity contribution is 5.34. The van der Waals surface area contributed by atoms with Crippen LogP contribution in [-0.4, -0.2) is 25.0 Å². The van der Waals surface area contributed by atoms with Crippen molar-refractivity contribution in [3.05, 3.63) is 35.4 Å². The largest absolute Gasteiger partial charge is 0.348 e. The molecule has 0 saturated carbocycles. The van der Waals surface area contributed by atoms with Gasteiger partial charge in [0.05, 0.1) is 24.3 Å². The highest BCUT2D eigenvalue weighted by Crippen LogP contribution is 2.22. The van der Waals surface area contributed by atoms with Gasteiger partial charge in [-0.1, -0.05) is 12.1 Å². The van der Waals surface area contributed by atoms with Crippen LogP contribution in [0, 0.1) is 11.3 Å². The first-order valence-electron chi connectivity index (χ1n) is 6.55. The molecular formula is C15H20N2O2. The second kappa shape index (κ2) is 5.70. The fraction of sp³-hybridized carbons (Fsp3) is 0.533. The zero-order chi connectivity index (χ0) is 13.9. The normalized spacial score (nSPS) is 22.9. The van der Waals surface area contributed by atoms with Crippen LogP contribution < -0.4 is 5.32 Å². The molecule has 4 nitrogen and oxygen atoms in total. The number of nitrogens with one attached hydrogen (secondary N) is 1. The van der Waals surface area contributed by atoms with Gasteiger partial charge in [0.25, 0.3) is 0 Å². The molecule has 19 heavy (non-hydrogen) atoms. The van der Waals surface area contributed by atoms with Crippen molar-refractivity contribution < 1.29 is 9.47 Å². The van der Waals surface area contributed by atoms with Gasteiger partial charge in [-0.05, 0) is 38.5 Å². The van der Waals surface area contributed by atoms with Crippen LogP contribution in [0.3, 0.4) is 0 Å². The van der Waals surface area contributed by atoms with Crippen molar-refractivity contribution in [2.45, 2.75) is 38.7 Å². The van der Waals surface area contributed by atoms with E-state index in [-0.39, 0.29) is 12.1 Å². The Balaban J connectivity index is 1.88. The van der Waals surface area contributed by atoms with E-state index >= 15 is 0 Å². The fourth-order valence-corrected chi connectivity index (χ4v) is 2.17. The molecule has 0 bridgehead atoms. The standard InChI is InChI=1S/C15H20N2O2/c1-11(13-6-4-5-12(7-13)8-16)17-9-14-10-18-15(2,3)19-14/h4-7,11,14,17H,9-10H2,1-3H3. The number of hydrogen-bond acceptors (Lipinski definition) is 4. The lowest BCUT2D eigenvalue weighted by Gasteiger charge is -2.19. The third-order valence-corrected chi connectivity index (χ3v) is 3.23. The van der Waals surface area contributed by atoms with E-state index < -0.39 is 5.79 Å². The summed E-state index contributed by atoms with van der Waals surface area (Å²) in [6.07, 6.45) is 0.0802. The first-order valence-corrected chi connectivity index (χ1v) is 6.55. The van der Waals surface area contributed by atoms with Crippen LogP contribution in [0.5, 0.6) is 0 Å². The van der Waals surface area contributed by atoms with Gasteiger partial charge in [0.15, 0.2) is 5.79 Å². The van der Waals surface area contributed by atoms with Gasteiger partial charge >= 0.3 is 0 Å². The van der Waals surface area contributed by atoms with Gasteiger partial charge in [-0.3, -0.25) is 0 Å². The maximum atomic E-state index is 8.90. The maximum Gasteiger partial charge on any atom is 0.163 e. The van der Waals surface area contributed by atoms with Crippen molar-refractivity contribution in [1.29, 1.82) is 5.26 Å². The summed E-state index contributed by atoms with van der Waals surface area (Å²) in [7, 11) is 0. The number of ether oxygens (including phenoxy) is 2. The lowest BCUT2D eigenvalue weighted by Crippen LogP contribution is -2.32. The lowest BCUT2D eigenvalue weighted by atomic mass is 10.1. The van der Waals surface area contributed by atoms with Crippen LogP contribution >= 0.6 is 0 Å². The van der Waals surface area contributed by atoms with Crippen molar-refractivity contribution in [1.82, 2.24) is 5.32 Å². The Morgan fingerprint density at radius 2 is 2.32 bits per heavy atom. The number of nitriles is 1. The third-order valence-electron chi connectivity index (χ3n) is 3.23. The van der Waals surface area contributed by atoms with Crippen molar-refractivity contribution in [3.8, 4) is 6.07 Å². The summed E-state index contributed by atoms with van der Waals surface area (Å²) in [4.78, 5) is 0. The van der Waals surface area contributed by atoms with Crippen LogP contribution in [0.4, 0.5) is 0 Å². The maximum absolute atomic E-state index is 8.90. The van der Waals surface area contributed by atoms with E-state index in [1.165, 1.54) is 0 Å². The lowest BCUT2D eigenvalue weighted by molar-refractivity contribution is -0.137. The third kappa shape index (κ3) is 3.77. The highest BCUT2D eigenvalue weighted by atomic mass is 16.7. The minimum Gasteiger partial charge on any atom is -0.348 e. The quantitative estimate of drug-likeness (QED) is 0.903. The van der Waals surface area contributed by atoms with Crippen LogP contribution in [0.1, 0.15) is 37.9 Å². The molecule has 1 aromatic carbocycles. The SMILES string of the molecule is CC(NCC1COC(C)(C)O1)c1cccc(C#N)c1. The Labute approximate surface area is 114 Å². The predicted octanol–water partition coefficient (Wildman–Crippen LogP) is 2.36. The summed E-state index contributed by atoms with van der Waals surface area (Å²) in [5.41, 5.74) is 1.80. The predicted molar refractivity (Wildman–Crippen MR) is 72.5 cm³/mol. The summed E-state index contributed by atoms with van der Waals surface area (Å²) in [5, 5.41) is 12.3. The van der Waals surface area contributed by atoms with Gasteiger partial charge in [-0.25, -0.2) is 0 Å². The Morgan fingerprint density at radius 1 is 1.53 bits per heavy atom. The second-order valence-electron chi connectivity index (χ2n) is 5.32. The summed E-state index contributed by atoms with van der Waals surface area (Å²) in [6.45, 7) is 7.28. The van der Waals surface area contributed by atoms with Gasteiger partial charge < -0.3 is 14.8 Å². The molecule has 0 amide bonds. The first kappa shape index (κ1) is 14.0. The molecule has 2 rings (SSSR count). The van der Waals surface area contributed by atoms with Crippen LogP contribution in [0.15, 0.2) is 24.3 Å². The number of rotatable bonds is 4. The molecule has 2 atom stereocenters. The Kier molecular flexibility index (Phi) is 4.20. The van der Waals surface area contributed by atoms with Gasteiger partial charge in [0, 0.05) is 12.6 Å². The average Bonchev–Trinajstić information content (AvgIpc) is 2.75. The van der Waals surface area contributed by atoms with Gasteiger partial charge in [0.1, 0.15) is 0 Å². The van der Waals surface area contributed by atoms with Crippen LogP contribution in [0.2, 0.25) is 0 Å². The number of nitrogens with zero attached hydrogens (tertiary/aromatic N) is 1. The minimum atomic E-state index is -0.476. The summed E-state index contributed by atoms with van der Waals surface area (Å²) >= 11 is 0. The van der Waals surface area contributed by atoms with Crippen molar-refractivity contribution in [2.75, 3.05) is 13.2 Å². The van der Waals surface area contributed by atoms with Crippen molar-refractivity contribution >= 4 is 0 Å². The molecule has 1 aliphatic rings. The first-order chi connectivity index (χ1) is 9.00. The smallest absolute Gasteiger partial charge is 0.163 e. The van der Waals surface area contributed by atoms with E-state index in [0.29, 0.717) is 12.2 Å². The molecule has 0 aliphatic carbocycles. The molecule has 1 aliphatic heterocycles. The Bertz CT molecular complexity index is 479. The Morgan fingerprint density at radius 3 is 2.95 bits per heavy atom. The van der Waals surface area contributed by atoms with E-state index in [1.807, 2.05) is 38.1 Å². The van der Waals surface area contributed by atoms with Gasteiger partial charge in [-0.15, -0.1) is 0 Å². The number of hydrogen-bond donors (Lipinski definition) is 1. The van der Waals surface area contributed by atoms with E-state index in [1.54, 1.807) is 0 Å². The fourth-order valence-electron chi connectivity index (χ4n) is 2.17. The molecule has 1 heterocycles. The van der Waals surface area contributed by atoms with Crippen LogP contribution in [0.25, 0.3) is 0 Å². The van der Waals surface area contributed by atoms with E-state index in [9.17, 15) is 0 Å². The molecule has 0 aromatic heterocycles. The van der Waals surface area contributed by atoms with Crippen molar-refractivity contribution in [3.63, 3.8) is 0 Å². The van der Waals surface area contributed by atoms with E-state index in [4.69, 9.17) is 14.7 Å². The molecule has 102 valence electrons. The Hall–Kier alpha value is -1.41. The molecule has 0 radical (unpaired) electrons. The zero-order valence-electron chi connectivity index (χ0n) is 11.6. The molecule has 2 unspecified atom stereocenters. The molecule has 1 aromatic rings. The topological polar surface area (TPSA) is 54.3 Å². The zero-order valence-corrected chi connectivity index (χ0v) is 11.6. The van der Waals surface area contributed by atoms with Gasteiger partial charge in [0.2, 0.25) is 0 Å². The summed E-state index contributed by atoms with van der Waals surface area (Å²) < 4.78 is 11.3. The monoisotopic (exact) mass is 260 g/mol. The molecule has 1 fully saturated rings. The second-order valence-corrected chi connectivity index (χ2v) is 5.32. The molecule has 1 saturated heterocycles. The molecular weight excluding hydrogens is 240 g/mol. The van der Waals surface area contributed by atoms with E-state index in [2.05, 4.69) is 18.3 Å². The molecule has 0 spiro atoms. The molecule has 1 N–H and O–H groups in total. The highest BCUT2D eigenvalue weighted by Gasteiger charge is 2.32. The van der Waals surface area contributed by atoms with Crippen LogP contribution in [-0.2, 0) is 9.47 Å². The summed E-state index contributed by atoms with van der Waals surface area (Å²) in [5.74, 6) is -0.476. The van der Waals surface area contributed by atoms with E-state index in [0.717, 1.165) is 12.1 Å².